The van der Waals surface area contributed by atoms with Crippen molar-refractivity contribution in [3.63, 3.8) is 0 Å². The van der Waals surface area contributed by atoms with Crippen LogP contribution < -0.4 is 4.74 Å². The summed E-state index contributed by atoms with van der Waals surface area (Å²) < 4.78 is 5.43. The molecular weight excluding hydrogens is 184 g/mol. The van der Waals surface area contributed by atoms with Crippen LogP contribution in [-0.2, 0) is 0 Å². The van der Waals surface area contributed by atoms with E-state index < -0.39 is 0 Å². The van der Waals surface area contributed by atoms with Crippen molar-refractivity contribution in [3.05, 3.63) is 42.0 Å². The van der Waals surface area contributed by atoms with Gasteiger partial charge in [-0.3, -0.25) is 0 Å². The van der Waals surface area contributed by atoms with E-state index >= 15 is 0 Å². The second-order valence-corrected chi connectivity index (χ2v) is 3.30. The second-order valence-electron chi connectivity index (χ2n) is 3.30. The van der Waals surface area contributed by atoms with Gasteiger partial charge in [0, 0.05) is 5.56 Å². The third kappa shape index (κ3) is 1.94. The Morgan fingerprint density at radius 3 is 2.60 bits per heavy atom. The standard InChI is InChI=1S/C14H12O/c1-3-11-5-6-13-10-14(15-4-2)8-7-12(13)9-11/h1,5-10H,4H2,2H3. The van der Waals surface area contributed by atoms with Crippen LogP contribution in [0.1, 0.15) is 12.5 Å². The quantitative estimate of drug-likeness (QED) is 0.670. The molecule has 15 heavy (non-hydrogen) atoms. The van der Waals surface area contributed by atoms with Gasteiger partial charge in [-0.05, 0) is 42.0 Å². The lowest BCUT2D eigenvalue weighted by molar-refractivity contribution is 0.341. The Morgan fingerprint density at radius 1 is 1.13 bits per heavy atom. The minimum atomic E-state index is 0.688. The van der Waals surface area contributed by atoms with Gasteiger partial charge < -0.3 is 4.74 Å². The van der Waals surface area contributed by atoms with Crippen molar-refractivity contribution in [3.8, 4) is 18.1 Å². The lowest BCUT2D eigenvalue weighted by atomic mass is 10.1. The Hall–Kier alpha value is -1.94. The molecule has 0 N–H and O–H groups in total. The molecule has 1 heteroatoms. The van der Waals surface area contributed by atoms with Crippen molar-refractivity contribution in [2.75, 3.05) is 6.61 Å². The molecule has 0 aliphatic rings. The van der Waals surface area contributed by atoms with E-state index in [4.69, 9.17) is 11.2 Å². The zero-order valence-corrected chi connectivity index (χ0v) is 8.66. The van der Waals surface area contributed by atoms with Gasteiger partial charge in [-0.25, -0.2) is 0 Å². The van der Waals surface area contributed by atoms with Crippen LogP contribution in [0, 0.1) is 12.3 Å². The van der Waals surface area contributed by atoms with E-state index in [9.17, 15) is 0 Å². The van der Waals surface area contributed by atoms with E-state index in [1.165, 1.54) is 0 Å². The van der Waals surface area contributed by atoms with Gasteiger partial charge in [0.05, 0.1) is 6.61 Å². The monoisotopic (exact) mass is 196 g/mol. The summed E-state index contributed by atoms with van der Waals surface area (Å²) in [5.74, 6) is 3.53. The predicted octanol–water partition coefficient (Wildman–Crippen LogP) is 3.22. The predicted molar refractivity (Wildman–Crippen MR) is 63.1 cm³/mol. The zero-order valence-electron chi connectivity index (χ0n) is 8.66. The van der Waals surface area contributed by atoms with E-state index in [2.05, 4.69) is 5.92 Å². The average Bonchev–Trinajstić information content (AvgIpc) is 2.29. The summed E-state index contributed by atoms with van der Waals surface area (Å²) in [6.07, 6.45) is 5.34. The SMILES string of the molecule is C#Cc1ccc2cc(OCC)ccc2c1. The molecular formula is C14H12O. The van der Waals surface area contributed by atoms with Crippen LogP contribution in [0.25, 0.3) is 10.8 Å². The van der Waals surface area contributed by atoms with Gasteiger partial charge in [0.2, 0.25) is 0 Å². The molecule has 0 saturated carbocycles. The maximum absolute atomic E-state index is 5.43. The van der Waals surface area contributed by atoms with Crippen LogP contribution in [0.4, 0.5) is 0 Å². The van der Waals surface area contributed by atoms with E-state index in [1.807, 2.05) is 43.3 Å². The summed E-state index contributed by atoms with van der Waals surface area (Å²) in [4.78, 5) is 0. The highest BCUT2D eigenvalue weighted by Crippen LogP contribution is 2.21. The van der Waals surface area contributed by atoms with E-state index in [0.717, 1.165) is 22.1 Å². The topological polar surface area (TPSA) is 9.23 Å². The van der Waals surface area contributed by atoms with Crippen molar-refractivity contribution < 1.29 is 4.74 Å². The number of fused-ring (bicyclic) bond motifs is 1. The van der Waals surface area contributed by atoms with Crippen molar-refractivity contribution in [2.24, 2.45) is 0 Å². The molecule has 0 aromatic heterocycles. The summed E-state index contributed by atoms with van der Waals surface area (Å²) in [7, 11) is 0. The Kier molecular flexibility index (Phi) is 2.60. The highest BCUT2D eigenvalue weighted by Gasteiger charge is 1.97. The van der Waals surface area contributed by atoms with Crippen LogP contribution in [0.15, 0.2) is 36.4 Å². The van der Waals surface area contributed by atoms with E-state index in [1.54, 1.807) is 0 Å². The molecule has 0 bridgehead atoms. The Bertz CT molecular complexity index is 520. The van der Waals surface area contributed by atoms with Gasteiger partial charge in [0.1, 0.15) is 5.75 Å². The minimum Gasteiger partial charge on any atom is -0.494 e. The highest BCUT2D eigenvalue weighted by atomic mass is 16.5. The third-order valence-corrected chi connectivity index (χ3v) is 2.29. The van der Waals surface area contributed by atoms with Crippen LogP contribution in [0.5, 0.6) is 5.75 Å². The van der Waals surface area contributed by atoms with Crippen molar-refractivity contribution in [1.29, 1.82) is 0 Å². The lowest BCUT2D eigenvalue weighted by Crippen LogP contribution is -1.90. The van der Waals surface area contributed by atoms with Crippen LogP contribution in [0.2, 0.25) is 0 Å². The van der Waals surface area contributed by atoms with E-state index in [0.29, 0.717) is 6.61 Å². The first-order valence-corrected chi connectivity index (χ1v) is 4.96. The number of terminal acetylenes is 1. The summed E-state index contributed by atoms with van der Waals surface area (Å²) in [6, 6.07) is 12.0. The molecule has 0 spiro atoms. The molecule has 0 atom stereocenters. The molecule has 0 saturated heterocycles. The summed E-state index contributed by atoms with van der Waals surface area (Å²) >= 11 is 0. The van der Waals surface area contributed by atoms with Gasteiger partial charge >= 0.3 is 0 Å². The van der Waals surface area contributed by atoms with Crippen molar-refractivity contribution in [1.82, 2.24) is 0 Å². The van der Waals surface area contributed by atoms with Crippen molar-refractivity contribution >= 4 is 10.8 Å². The largest absolute Gasteiger partial charge is 0.494 e. The van der Waals surface area contributed by atoms with Crippen LogP contribution in [-0.4, -0.2) is 6.61 Å². The molecule has 2 aromatic rings. The molecule has 0 radical (unpaired) electrons. The molecule has 0 amide bonds. The Morgan fingerprint density at radius 2 is 1.87 bits per heavy atom. The molecule has 0 fully saturated rings. The lowest BCUT2D eigenvalue weighted by Gasteiger charge is -2.04. The Balaban J connectivity index is 2.51. The first kappa shape index (κ1) is 9.61. The smallest absolute Gasteiger partial charge is 0.119 e. The number of rotatable bonds is 2. The molecule has 74 valence electrons. The summed E-state index contributed by atoms with van der Waals surface area (Å²) in [5.41, 5.74) is 0.909. The molecule has 0 aliphatic heterocycles. The number of ether oxygens (including phenoxy) is 1. The highest BCUT2D eigenvalue weighted by molar-refractivity contribution is 5.85. The molecule has 2 rings (SSSR count). The minimum absolute atomic E-state index is 0.688. The fourth-order valence-electron chi connectivity index (χ4n) is 1.57. The molecule has 0 unspecified atom stereocenters. The van der Waals surface area contributed by atoms with Gasteiger partial charge in [-0.15, -0.1) is 6.42 Å². The van der Waals surface area contributed by atoms with Gasteiger partial charge in [-0.2, -0.15) is 0 Å². The maximum Gasteiger partial charge on any atom is 0.119 e. The van der Waals surface area contributed by atoms with Crippen LogP contribution >= 0.6 is 0 Å². The average molecular weight is 196 g/mol. The maximum atomic E-state index is 5.43. The van der Waals surface area contributed by atoms with E-state index in [-0.39, 0.29) is 0 Å². The van der Waals surface area contributed by atoms with Crippen LogP contribution in [0.3, 0.4) is 0 Å². The molecule has 2 aromatic carbocycles. The Labute approximate surface area is 89.7 Å². The first-order valence-electron chi connectivity index (χ1n) is 4.96. The first-order chi connectivity index (χ1) is 7.33. The second kappa shape index (κ2) is 4.06. The number of benzene rings is 2. The normalized spacial score (nSPS) is 9.87. The number of hydrogen-bond acceptors (Lipinski definition) is 1. The summed E-state index contributed by atoms with van der Waals surface area (Å²) in [5, 5.41) is 2.30. The summed E-state index contributed by atoms with van der Waals surface area (Å²) in [6.45, 7) is 2.67. The fraction of sp³-hybridized carbons (Fsp3) is 0.143. The van der Waals surface area contributed by atoms with Gasteiger partial charge in [-0.1, -0.05) is 18.1 Å². The molecule has 1 nitrogen and oxygen atoms in total. The third-order valence-electron chi connectivity index (χ3n) is 2.29. The van der Waals surface area contributed by atoms with Gasteiger partial charge in [0.15, 0.2) is 0 Å². The molecule has 0 aliphatic carbocycles. The van der Waals surface area contributed by atoms with Crippen molar-refractivity contribution in [2.45, 2.75) is 6.92 Å². The fourth-order valence-corrected chi connectivity index (χ4v) is 1.57. The number of hydrogen-bond donors (Lipinski definition) is 0. The molecule has 0 heterocycles. The van der Waals surface area contributed by atoms with Gasteiger partial charge in [0.25, 0.3) is 0 Å². The zero-order chi connectivity index (χ0) is 10.7.